The monoisotopic (exact) mass is 205 g/mol. The molecule has 4 heteroatoms. The number of ketones is 1. The molecular weight excluding hydrogens is 190 g/mol. The molecule has 1 aromatic heterocycles. The summed E-state index contributed by atoms with van der Waals surface area (Å²) in [5.74, 6) is 0.955. The normalized spacial score (nSPS) is 16.1. The van der Waals surface area contributed by atoms with E-state index in [9.17, 15) is 4.79 Å². The number of anilines is 1. The van der Waals surface area contributed by atoms with Crippen LogP contribution in [0.5, 0.6) is 0 Å². The minimum atomic E-state index is 0.274. The summed E-state index contributed by atoms with van der Waals surface area (Å²) in [4.78, 5) is 21.6. The van der Waals surface area contributed by atoms with Crippen molar-refractivity contribution in [3.63, 3.8) is 0 Å². The first-order chi connectivity index (χ1) is 7.29. The maximum Gasteiger partial charge on any atom is 0.225 e. The molecule has 0 saturated carbocycles. The number of aromatic nitrogens is 2. The minimum absolute atomic E-state index is 0.274. The van der Waals surface area contributed by atoms with Gasteiger partial charge in [0.1, 0.15) is 0 Å². The van der Waals surface area contributed by atoms with E-state index in [-0.39, 0.29) is 5.78 Å². The van der Waals surface area contributed by atoms with Crippen LogP contribution in [0, 0.1) is 0 Å². The van der Waals surface area contributed by atoms with Crippen LogP contribution in [0.1, 0.15) is 25.3 Å². The second-order valence-electron chi connectivity index (χ2n) is 3.85. The average molecular weight is 205 g/mol. The van der Waals surface area contributed by atoms with Crippen LogP contribution in [-0.4, -0.2) is 28.8 Å². The summed E-state index contributed by atoms with van der Waals surface area (Å²) in [5.41, 5.74) is 1.16. The lowest BCUT2D eigenvalue weighted by molar-refractivity contribution is -0.116. The predicted octanol–water partition coefficient (Wildman–Crippen LogP) is 1.21. The molecule has 0 N–H and O–H groups in total. The molecule has 2 rings (SSSR count). The van der Waals surface area contributed by atoms with Crippen LogP contribution in [-0.2, 0) is 11.2 Å². The SMILES string of the molecule is CCCc1cnc(N2CCC(=O)C2)nc1. The molecule has 15 heavy (non-hydrogen) atoms. The van der Waals surface area contributed by atoms with E-state index in [1.807, 2.05) is 17.3 Å². The van der Waals surface area contributed by atoms with Gasteiger partial charge in [0.15, 0.2) is 5.78 Å². The first-order valence-corrected chi connectivity index (χ1v) is 5.37. The molecule has 1 saturated heterocycles. The Hall–Kier alpha value is -1.45. The summed E-state index contributed by atoms with van der Waals surface area (Å²) in [6.45, 7) is 3.35. The first kappa shape index (κ1) is 10.1. The van der Waals surface area contributed by atoms with Gasteiger partial charge in [0.25, 0.3) is 0 Å². The molecule has 1 aromatic rings. The number of aryl methyl sites for hydroxylation is 1. The number of carbonyl (C=O) groups is 1. The highest BCUT2D eigenvalue weighted by Gasteiger charge is 2.21. The standard InChI is InChI=1S/C11H15N3O/c1-2-3-9-6-12-11(13-7-9)14-5-4-10(15)8-14/h6-7H,2-5,8H2,1H3. The summed E-state index contributed by atoms with van der Waals surface area (Å²) in [6.07, 6.45) is 6.45. The first-order valence-electron chi connectivity index (χ1n) is 5.37. The van der Waals surface area contributed by atoms with Crippen LogP contribution in [0.2, 0.25) is 0 Å². The largest absolute Gasteiger partial charge is 0.333 e. The summed E-state index contributed by atoms with van der Waals surface area (Å²) in [7, 11) is 0. The number of hydrogen-bond acceptors (Lipinski definition) is 4. The van der Waals surface area contributed by atoms with Gasteiger partial charge in [-0.15, -0.1) is 0 Å². The highest BCUT2D eigenvalue weighted by molar-refractivity contribution is 5.86. The molecule has 1 fully saturated rings. The molecule has 0 radical (unpaired) electrons. The fourth-order valence-corrected chi connectivity index (χ4v) is 1.73. The van der Waals surface area contributed by atoms with E-state index in [0.717, 1.165) is 24.9 Å². The number of rotatable bonds is 3. The molecule has 0 bridgehead atoms. The number of carbonyl (C=O) groups excluding carboxylic acids is 1. The maximum atomic E-state index is 11.1. The highest BCUT2D eigenvalue weighted by Crippen LogP contribution is 2.13. The van der Waals surface area contributed by atoms with Crippen LogP contribution in [0.25, 0.3) is 0 Å². The van der Waals surface area contributed by atoms with E-state index in [1.54, 1.807) is 0 Å². The fraction of sp³-hybridized carbons (Fsp3) is 0.545. The Morgan fingerprint density at radius 1 is 1.40 bits per heavy atom. The van der Waals surface area contributed by atoms with E-state index in [2.05, 4.69) is 16.9 Å². The number of Topliss-reactive ketones (excluding diaryl/α,β-unsaturated/α-hetero) is 1. The van der Waals surface area contributed by atoms with Gasteiger partial charge in [-0.05, 0) is 12.0 Å². The zero-order chi connectivity index (χ0) is 10.7. The third-order valence-electron chi connectivity index (χ3n) is 2.54. The predicted molar refractivity (Wildman–Crippen MR) is 57.9 cm³/mol. The zero-order valence-electron chi connectivity index (χ0n) is 8.94. The molecule has 0 aromatic carbocycles. The molecular formula is C11H15N3O. The molecule has 1 aliphatic heterocycles. The van der Waals surface area contributed by atoms with Crippen molar-refractivity contribution < 1.29 is 4.79 Å². The summed E-state index contributed by atoms with van der Waals surface area (Å²) in [5, 5.41) is 0. The van der Waals surface area contributed by atoms with Gasteiger partial charge in [-0.2, -0.15) is 0 Å². The Balaban J connectivity index is 2.06. The van der Waals surface area contributed by atoms with Gasteiger partial charge in [0, 0.05) is 25.4 Å². The lowest BCUT2D eigenvalue weighted by atomic mass is 10.2. The molecule has 0 amide bonds. The second-order valence-corrected chi connectivity index (χ2v) is 3.85. The summed E-state index contributed by atoms with van der Waals surface area (Å²) in [6, 6.07) is 0. The number of nitrogens with zero attached hydrogens (tertiary/aromatic N) is 3. The fourth-order valence-electron chi connectivity index (χ4n) is 1.73. The third kappa shape index (κ3) is 2.32. The topological polar surface area (TPSA) is 46.1 Å². The molecule has 0 unspecified atom stereocenters. The van der Waals surface area contributed by atoms with Crippen molar-refractivity contribution >= 4 is 11.7 Å². The van der Waals surface area contributed by atoms with E-state index < -0.39 is 0 Å². The zero-order valence-corrected chi connectivity index (χ0v) is 8.94. The minimum Gasteiger partial charge on any atom is -0.333 e. The van der Waals surface area contributed by atoms with Gasteiger partial charge in [0.2, 0.25) is 5.95 Å². The lowest BCUT2D eigenvalue weighted by Gasteiger charge is -2.13. The summed E-state index contributed by atoms with van der Waals surface area (Å²) < 4.78 is 0. The van der Waals surface area contributed by atoms with E-state index in [4.69, 9.17) is 0 Å². The van der Waals surface area contributed by atoms with Gasteiger partial charge < -0.3 is 4.90 Å². The van der Waals surface area contributed by atoms with Crippen molar-refractivity contribution in [1.82, 2.24) is 9.97 Å². The van der Waals surface area contributed by atoms with Crippen LogP contribution < -0.4 is 4.90 Å². The molecule has 0 spiro atoms. The van der Waals surface area contributed by atoms with Gasteiger partial charge in [-0.1, -0.05) is 13.3 Å². The third-order valence-corrected chi connectivity index (χ3v) is 2.54. The van der Waals surface area contributed by atoms with Gasteiger partial charge >= 0.3 is 0 Å². The second kappa shape index (κ2) is 4.38. The van der Waals surface area contributed by atoms with Crippen LogP contribution in [0.15, 0.2) is 12.4 Å². The van der Waals surface area contributed by atoms with Crippen molar-refractivity contribution in [1.29, 1.82) is 0 Å². The molecule has 4 nitrogen and oxygen atoms in total. The maximum absolute atomic E-state index is 11.1. The quantitative estimate of drug-likeness (QED) is 0.744. The van der Waals surface area contributed by atoms with Gasteiger partial charge in [-0.3, -0.25) is 4.79 Å². The van der Waals surface area contributed by atoms with Crippen molar-refractivity contribution in [2.24, 2.45) is 0 Å². The van der Waals surface area contributed by atoms with E-state index in [1.165, 1.54) is 0 Å². The van der Waals surface area contributed by atoms with Gasteiger partial charge in [-0.25, -0.2) is 9.97 Å². The Kier molecular flexibility index (Phi) is 2.94. The molecule has 0 aliphatic carbocycles. The Labute approximate surface area is 89.3 Å². The Bertz CT molecular complexity index is 347. The molecule has 80 valence electrons. The van der Waals surface area contributed by atoms with Crippen molar-refractivity contribution in [3.8, 4) is 0 Å². The highest BCUT2D eigenvalue weighted by atomic mass is 16.1. The van der Waals surface area contributed by atoms with Crippen LogP contribution >= 0.6 is 0 Å². The average Bonchev–Trinajstić information content (AvgIpc) is 2.67. The molecule has 0 atom stereocenters. The van der Waals surface area contributed by atoms with Crippen molar-refractivity contribution in [2.45, 2.75) is 26.2 Å². The lowest BCUT2D eigenvalue weighted by Crippen LogP contribution is -2.21. The Morgan fingerprint density at radius 2 is 2.13 bits per heavy atom. The van der Waals surface area contributed by atoms with Gasteiger partial charge in [0.05, 0.1) is 6.54 Å². The van der Waals surface area contributed by atoms with E-state index >= 15 is 0 Å². The van der Waals surface area contributed by atoms with E-state index in [0.29, 0.717) is 18.9 Å². The van der Waals surface area contributed by atoms with Crippen LogP contribution in [0.3, 0.4) is 0 Å². The smallest absolute Gasteiger partial charge is 0.225 e. The molecule has 2 heterocycles. The van der Waals surface area contributed by atoms with Crippen LogP contribution in [0.4, 0.5) is 5.95 Å². The summed E-state index contributed by atoms with van der Waals surface area (Å²) >= 11 is 0. The molecule has 1 aliphatic rings. The van der Waals surface area contributed by atoms with Crippen molar-refractivity contribution in [2.75, 3.05) is 18.0 Å². The Morgan fingerprint density at radius 3 is 2.67 bits per heavy atom. The van der Waals surface area contributed by atoms with Crippen molar-refractivity contribution in [3.05, 3.63) is 18.0 Å². The number of hydrogen-bond donors (Lipinski definition) is 0.